The van der Waals surface area contributed by atoms with Gasteiger partial charge in [-0.15, -0.1) is 11.3 Å². The average Bonchev–Trinajstić information content (AvgIpc) is 3.15. The molecule has 4 aromatic rings. The number of anilines is 1. The van der Waals surface area contributed by atoms with Crippen LogP contribution in [0.4, 0.5) is 5.13 Å². The highest BCUT2D eigenvalue weighted by Crippen LogP contribution is 2.30. The number of amides is 1. The van der Waals surface area contributed by atoms with Gasteiger partial charge < -0.3 is 0 Å². The molecular formula is C22H15ClN2OS. The summed E-state index contributed by atoms with van der Waals surface area (Å²) in [7, 11) is 0. The van der Waals surface area contributed by atoms with E-state index in [1.165, 1.54) is 22.8 Å². The van der Waals surface area contributed by atoms with E-state index in [0.717, 1.165) is 22.2 Å². The van der Waals surface area contributed by atoms with Crippen molar-refractivity contribution in [3.05, 3.63) is 88.8 Å². The van der Waals surface area contributed by atoms with E-state index in [1.54, 1.807) is 18.2 Å². The first-order valence-corrected chi connectivity index (χ1v) is 9.63. The Kier molecular flexibility index (Phi) is 5.01. The van der Waals surface area contributed by atoms with Crippen LogP contribution in [-0.2, 0) is 4.79 Å². The van der Waals surface area contributed by atoms with Crippen LogP contribution in [0.25, 0.3) is 28.1 Å². The third-order valence-electron chi connectivity index (χ3n) is 4.10. The largest absolute Gasteiger partial charge is 0.298 e. The smallest absolute Gasteiger partial charge is 0.250 e. The Balaban J connectivity index is 1.51. The van der Waals surface area contributed by atoms with E-state index >= 15 is 0 Å². The normalized spacial score (nSPS) is 11.1. The van der Waals surface area contributed by atoms with Gasteiger partial charge in [0.2, 0.25) is 5.91 Å². The molecule has 4 rings (SSSR count). The summed E-state index contributed by atoms with van der Waals surface area (Å²) in [6.07, 6.45) is 3.23. The molecule has 0 aliphatic heterocycles. The number of benzene rings is 3. The topological polar surface area (TPSA) is 42.0 Å². The monoisotopic (exact) mass is 390 g/mol. The van der Waals surface area contributed by atoms with Crippen molar-refractivity contribution in [2.75, 3.05) is 5.32 Å². The number of rotatable bonds is 4. The van der Waals surface area contributed by atoms with Gasteiger partial charge in [0.15, 0.2) is 5.13 Å². The van der Waals surface area contributed by atoms with E-state index in [9.17, 15) is 4.79 Å². The minimum absolute atomic E-state index is 0.219. The van der Waals surface area contributed by atoms with Crippen LogP contribution in [-0.4, -0.2) is 10.9 Å². The van der Waals surface area contributed by atoms with Gasteiger partial charge in [-0.05, 0) is 34.5 Å². The lowest BCUT2D eigenvalue weighted by molar-refractivity contribution is -0.111. The second-order valence-corrected chi connectivity index (χ2v) is 7.23. The molecule has 0 unspecified atom stereocenters. The lowest BCUT2D eigenvalue weighted by Crippen LogP contribution is -2.07. The molecule has 1 heterocycles. The number of halogens is 1. The standard InChI is InChI=1S/C22H15ClN2OS/c23-17-11-8-15(9-12-17)10-13-21(26)25-22-24-20(14-27-22)19-7-3-5-16-4-1-2-6-18(16)19/h1-14H,(H,24,25,26)/b13-10+. The zero-order valence-corrected chi connectivity index (χ0v) is 15.8. The Bertz CT molecular complexity index is 1130. The second kappa shape index (κ2) is 7.74. The number of carbonyl (C=O) groups is 1. The molecule has 1 N–H and O–H groups in total. The Morgan fingerprint density at radius 2 is 1.78 bits per heavy atom. The molecule has 0 atom stereocenters. The van der Waals surface area contributed by atoms with Crippen molar-refractivity contribution >= 4 is 50.8 Å². The number of hydrogen-bond donors (Lipinski definition) is 1. The number of nitrogens with one attached hydrogen (secondary N) is 1. The SMILES string of the molecule is O=C(/C=C/c1ccc(Cl)cc1)Nc1nc(-c2cccc3ccccc23)cs1. The van der Waals surface area contributed by atoms with Crippen LogP contribution < -0.4 is 5.32 Å². The molecule has 0 saturated heterocycles. The predicted octanol–water partition coefficient (Wildman–Crippen LogP) is 6.27. The fourth-order valence-corrected chi connectivity index (χ4v) is 3.64. The molecule has 132 valence electrons. The molecule has 0 radical (unpaired) electrons. The van der Waals surface area contributed by atoms with Gasteiger partial charge in [0.25, 0.3) is 0 Å². The van der Waals surface area contributed by atoms with Crippen molar-refractivity contribution in [1.29, 1.82) is 0 Å². The van der Waals surface area contributed by atoms with Crippen LogP contribution in [0.2, 0.25) is 5.02 Å². The lowest BCUT2D eigenvalue weighted by Gasteiger charge is -2.03. The van der Waals surface area contributed by atoms with Crippen LogP contribution >= 0.6 is 22.9 Å². The van der Waals surface area contributed by atoms with Gasteiger partial charge in [0.05, 0.1) is 5.69 Å². The molecule has 0 aliphatic rings. The fraction of sp³-hybridized carbons (Fsp3) is 0. The van der Waals surface area contributed by atoms with Gasteiger partial charge in [-0.25, -0.2) is 4.98 Å². The molecule has 3 nitrogen and oxygen atoms in total. The molecular weight excluding hydrogens is 376 g/mol. The summed E-state index contributed by atoms with van der Waals surface area (Å²) < 4.78 is 0. The minimum atomic E-state index is -0.219. The maximum atomic E-state index is 12.2. The maximum Gasteiger partial charge on any atom is 0.250 e. The highest BCUT2D eigenvalue weighted by atomic mass is 35.5. The molecule has 0 saturated carbocycles. The van der Waals surface area contributed by atoms with Crippen molar-refractivity contribution in [3.8, 4) is 11.3 Å². The number of thiazole rings is 1. The summed E-state index contributed by atoms with van der Waals surface area (Å²) >= 11 is 7.27. The highest BCUT2D eigenvalue weighted by Gasteiger charge is 2.09. The number of hydrogen-bond acceptors (Lipinski definition) is 3. The van der Waals surface area contributed by atoms with E-state index in [0.29, 0.717) is 10.2 Å². The van der Waals surface area contributed by atoms with Crippen LogP contribution in [0.15, 0.2) is 78.2 Å². The summed E-state index contributed by atoms with van der Waals surface area (Å²) in [6, 6.07) is 21.6. The number of nitrogens with zero attached hydrogens (tertiary/aromatic N) is 1. The van der Waals surface area contributed by atoms with Crippen LogP contribution in [0.3, 0.4) is 0 Å². The molecule has 0 spiro atoms. The summed E-state index contributed by atoms with van der Waals surface area (Å²) in [5.41, 5.74) is 2.82. The Morgan fingerprint density at radius 3 is 2.63 bits per heavy atom. The number of fused-ring (bicyclic) bond motifs is 1. The Hall–Kier alpha value is -2.95. The maximum absolute atomic E-state index is 12.2. The van der Waals surface area contributed by atoms with Crippen LogP contribution in [0.1, 0.15) is 5.56 Å². The highest BCUT2D eigenvalue weighted by molar-refractivity contribution is 7.14. The first kappa shape index (κ1) is 17.5. The van der Waals surface area contributed by atoms with Gasteiger partial charge >= 0.3 is 0 Å². The predicted molar refractivity (Wildman–Crippen MR) is 114 cm³/mol. The van der Waals surface area contributed by atoms with Gasteiger partial charge in [-0.1, -0.05) is 66.2 Å². The quantitative estimate of drug-likeness (QED) is 0.417. The second-order valence-electron chi connectivity index (χ2n) is 5.94. The first-order chi connectivity index (χ1) is 13.2. The molecule has 0 bridgehead atoms. The summed E-state index contributed by atoms with van der Waals surface area (Å²) in [4.78, 5) is 16.7. The zero-order valence-electron chi connectivity index (χ0n) is 14.2. The summed E-state index contributed by atoms with van der Waals surface area (Å²) in [5, 5.41) is 8.33. The Morgan fingerprint density at radius 1 is 1.00 bits per heavy atom. The van der Waals surface area contributed by atoms with E-state index in [2.05, 4.69) is 28.5 Å². The van der Waals surface area contributed by atoms with E-state index < -0.39 is 0 Å². The van der Waals surface area contributed by atoms with Crippen molar-refractivity contribution in [2.45, 2.75) is 0 Å². The number of carbonyl (C=O) groups excluding carboxylic acids is 1. The average molecular weight is 391 g/mol. The molecule has 1 aromatic heterocycles. The van der Waals surface area contributed by atoms with Crippen molar-refractivity contribution < 1.29 is 4.79 Å². The molecule has 1 amide bonds. The molecule has 0 aliphatic carbocycles. The third-order valence-corrected chi connectivity index (χ3v) is 5.11. The van der Waals surface area contributed by atoms with Crippen LogP contribution in [0.5, 0.6) is 0 Å². The van der Waals surface area contributed by atoms with Gasteiger partial charge in [0.1, 0.15) is 0 Å². The Labute approximate surface area is 166 Å². The lowest BCUT2D eigenvalue weighted by atomic mass is 10.0. The van der Waals surface area contributed by atoms with Crippen LogP contribution in [0, 0.1) is 0 Å². The molecule has 3 aromatic carbocycles. The summed E-state index contributed by atoms with van der Waals surface area (Å²) in [5.74, 6) is -0.219. The first-order valence-electron chi connectivity index (χ1n) is 8.37. The van der Waals surface area contributed by atoms with Crippen molar-refractivity contribution in [1.82, 2.24) is 4.98 Å². The van der Waals surface area contributed by atoms with E-state index in [1.807, 2.05) is 41.8 Å². The van der Waals surface area contributed by atoms with E-state index in [-0.39, 0.29) is 5.91 Å². The molecule has 0 fully saturated rings. The number of aromatic nitrogens is 1. The van der Waals surface area contributed by atoms with Gasteiger partial charge in [-0.2, -0.15) is 0 Å². The van der Waals surface area contributed by atoms with Gasteiger partial charge in [-0.3, -0.25) is 10.1 Å². The van der Waals surface area contributed by atoms with Crippen molar-refractivity contribution in [3.63, 3.8) is 0 Å². The third kappa shape index (κ3) is 4.08. The summed E-state index contributed by atoms with van der Waals surface area (Å²) in [6.45, 7) is 0. The molecule has 27 heavy (non-hydrogen) atoms. The zero-order chi connectivity index (χ0) is 18.6. The fourth-order valence-electron chi connectivity index (χ4n) is 2.80. The van der Waals surface area contributed by atoms with E-state index in [4.69, 9.17) is 11.6 Å². The molecule has 5 heteroatoms. The van der Waals surface area contributed by atoms with Gasteiger partial charge in [0, 0.05) is 22.0 Å². The minimum Gasteiger partial charge on any atom is -0.298 e. The van der Waals surface area contributed by atoms with Crippen molar-refractivity contribution in [2.24, 2.45) is 0 Å².